The molecule has 1 aromatic carbocycles. The highest BCUT2D eigenvalue weighted by Gasteiger charge is 2.44. The molecule has 0 bridgehead atoms. The molecular weight excluding hydrogens is 390 g/mol. The van der Waals surface area contributed by atoms with Crippen molar-refractivity contribution >= 4 is 11.9 Å². The predicted octanol–water partition coefficient (Wildman–Crippen LogP) is 4.30. The fourth-order valence-electron chi connectivity index (χ4n) is 5.60. The molecule has 3 aliphatic rings. The summed E-state index contributed by atoms with van der Waals surface area (Å²) in [5.74, 6) is 1.29. The van der Waals surface area contributed by atoms with E-state index in [0.29, 0.717) is 25.6 Å². The first kappa shape index (κ1) is 22.0. The van der Waals surface area contributed by atoms with Crippen molar-refractivity contribution in [1.82, 2.24) is 15.1 Å². The molecule has 1 saturated heterocycles. The van der Waals surface area contributed by atoms with Gasteiger partial charge in [-0.05, 0) is 44.7 Å². The van der Waals surface area contributed by atoms with E-state index in [1.807, 2.05) is 41.8 Å². The molecule has 1 saturated carbocycles. The third kappa shape index (κ3) is 4.83. The number of carbonyl (C=O) groups excluding carboxylic acids is 2. The number of ether oxygens (including phenoxy) is 1. The average molecular weight is 428 g/mol. The highest BCUT2D eigenvalue weighted by molar-refractivity contribution is 5.77. The van der Waals surface area contributed by atoms with E-state index < -0.39 is 0 Å². The number of para-hydroxylation sites is 1. The van der Waals surface area contributed by atoms with Crippen LogP contribution >= 0.6 is 0 Å². The SMILES string of the molecule is CCN(CC)C(=O)C[C@H]1CC2(CCN(C(=O)NC3CCCC3)CC2)Oc2ccccc21. The number of hydrogen-bond donors (Lipinski definition) is 1. The third-order valence-corrected chi connectivity index (χ3v) is 7.49. The molecule has 1 aliphatic carbocycles. The highest BCUT2D eigenvalue weighted by atomic mass is 16.5. The monoisotopic (exact) mass is 427 g/mol. The molecule has 6 nitrogen and oxygen atoms in total. The van der Waals surface area contributed by atoms with E-state index in [1.54, 1.807) is 0 Å². The molecular formula is C25H37N3O3. The van der Waals surface area contributed by atoms with E-state index in [0.717, 1.165) is 56.5 Å². The molecule has 0 aromatic heterocycles. The number of amides is 3. The van der Waals surface area contributed by atoms with E-state index >= 15 is 0 Å². The van der Waals surface area contributed by atoms with Crippen LogP contribution in [0.4, 0.5) is 4.79 Å². The number of nitrogens with one attached hydrogen (secondary N) is 1. The van der Waals surface area contributed by atoms with Crippen LogP contribution in [0, 0.1) is 0 Å². The summed E-state index contributed by atoms with van der Waals surface area (Å²) >= 11 is 0. The number of likely N-dealkylation sites (tertiary alicyclic amines) is 1. The largest absolute Gasteiger partial charge is 0.487 e. The van der Waals surface area contributed by atoms with Crippen molar-refractivity contribution < 1.29 is 14.3 Å². The topological polar surface area (TPSA) is 61.9 Å². The Bertz CT molecular complexity index is 778. The maximum Gasteiger partial charge on any atom is 0.317 e. The summed E-state index contributed by atoms with van der Waals surface area (Å²) in [6.45, 7) is 6.97. The van der Waals surface area contributed by atoms with Crippen molar-refractivity contribution in [3.05, 3.63) is 29.8 Å². The summed E-state index contributed by atoms with van der Waals surface area (Å²) in [4.78, 5) is 29.4. The molecule has 1 atom stereocenters. The van der Waals surface area contributed by atoms with Gasteiger partial charge in [-0.3, -0.25) is 4.79 Å². The Kier molecular flexibility index (Phi) is 6.73. The summed E-state index contributed by atoms with van der Waals surface area (Å²) in [7, 11) is 0. The summed E-state index contributed by atoms with van der Waals surface area (Å²) in [5.41, 5.74) is 0.863. The molecule has 2 aliphatic heterocycles. The van der Waals surface area contributed by atoms with Crippen molar-refractivity contribution in [1.29, 1.82) is 0 Å². The number of benzene rings is 1. The van der Waals surface area contributed by atoms with Crippen LogP contribution in [-0.4, -0.2) is 59.6 Å². The van der Waals surface area contributed by atoms with Crippen molar-refractivity contribution in [2.24, 2.45) is 0 Å². The van der Waals surface area contributed by atoms with E-state index in [2.05, 4.69) is 11.4 Å². The van der Waals surface area contributed by atoms with Gasteiger partial charge in [-0.1, -0.05) is 31.0 Å². The van der Waals surface area contributed by atoms with Crippen LogP contribution in [-0.2, 0) is 4.79 Å². The zero-order valence-corrected chi connectivity index (χ0v) is 19.1. The van der Waals surface area contributed by atoms with Crippen molar-refractivity contribution in [2.75, 3.05) is 26.2 Å². The minimum atomic E-state index is -0.285. The Morgan fingerprint density at radius 1 is 1.13 bits per heavy atom. The molecule has 2 fully saturated rings. The molecule has 4 rings (SSSR count). The van der Waals surface area contributed by atoms with Gasteiger partial charge in [0.2, 0.25) is 5.91 Å². The summed E-state index contributed by atoms with van der Waals surface area (Å²) in [5, 5.41) is 3.21. The predicted molar refractivity (Wildman–Crippen MR) is 121 cm³/mol. The molecule has 6 heteroatoms. The second-order valence-electron chi connectivity index (χ2n) is 9.41. The van der Waals surface area contributed by atoms with Gasteiger partial charge < -0.3 is 19.9 Å². The maximum absolute atomic E-state index is 12.9. The van der Waals surface area contributed by atoms with Gasteiger partial charge in [0.15, 0.2) is 0 Å². The molecule has 170 valence electrons. The standard InChI is InChI=1S/C25H37N3O3/c1-3-27(4-2)23(29)17-19-18-25(31-22-12-8-7-11-21(19)22)13-15-28(16-14-25)24(30)26-20-9-5-6-10-20/h7-8,11-12,19-20H,3-6,9-10,13-18H2,1-2H3,(H,26,30)/t19-/m0/s1. The Labute approximate surface area is 186 Å². The van der Waals surface area contributed by atoms with E-state index in [9.17, 15) is 9.59 Å². The number of piperidine rings is 1. The number of rotatable bonds is 5. The van der Waals surface area contributed by atoms with Crippen molar-refractivity contribution in [3.8, 4) is 5.75 Å². The lowest BCUT2D eigenvalue weighted by atomic mass is 9.76. The minimum Gasteiger partial charge on any atom is -0.487 e. The Balaban J connectivity index is 1.43. The third-order valence-electron chi connectivity index (χ3n) is 7.49. The smallest absolute Gasteiger partial charge is 0.317 e. The van der Waals surface area contributed by atoms with E-state index in [-0.39, 0.29) is 23.5 Å². The maximum atomic E-state index is 12.9. The van der Waals surface area contributed by atoms with Crippen molar-refractivity contribution in [3.63, 3.8) is 0 Å². The second-order valence-corrected chi connectivity index (χ2v) is 9.41. The van der Waals surface area contributed by atoms with Gasteiger partial charge in [-0.2, -0.15) is 0 Å². The molecule has 1 spiro atoms. The van der Waals surface area contributed by atoms with Gasteiger partial charge >= 0.3 is 6.03 Å². The lowest BCUT2D eigenvalue weighted by molar-refractivity contribution is -0.131. The van der Waals surface area contributed by atoms with Crippen LogP contribution in [0.2, 0.25) is 0 Å². The number of hydrogen-bond acceptors (Lipinski definition) is 3. The van der Waals surface area contributed by atoms with Crippen LogP contribution in [0.15, 0.2) is 24.3 Å². The summed E-state index contributed by atoms with van der Waals surface area (Å²) < 4.78 is 6.56. The zero-order chi connectivity index (χ0) is 21.8. The first-order chi connectivity index (χ1) is 15.0. The van der Waals surface area contributed by atoms with Crippen LogP contribution in [0.25, 0.3) is 0 Å². The quantitative estimate of drug-likeness (QED) is 0.762. The lowest BCUT2D eigenvalue weighted by Crippen LogP contribution is -2.54. The second kappa shape index (κ2) is 9.49. The number of nitrogens with zero attached hydrogens (tertiary/aromatic N) is 2. The summed E-state index contributed by atoms with van der Waals surface area (Å²) in [6, 6.07) is 8.59. The van der Waals surface area contributed by atoms with Crippen LogP contribution in [0.3, 0.4) is 0 Å². The van der Waals surface area contributed by atoms with E-state index in [1.165, 1.54) is 12.8 Å². The molecule has 0 radical (unpaired) electrons. The van der Waals surface area contributed by atoms with E-state index in [4.69, 9.17) is 4.74 Å². The number of carbonyl (C=O) groups is 2. The van der Waals surface area contributed by atoms with Crippen LogP contribution in [0.1, 0.15) is 76.7 Å². The normalized spacial score (nSPS) is 22.6. The lowest BCUT2D eigenvalue weighted by Gasteiger charge is -2.47. The first-order valence-electron chi connectivity index (χ1n) is 12.1. The fourth-order valence-corrected chi connectivity index (χ4v) is 5.60. The number of urea groups is 1. The molecule has 2 heterocycles. The first-order valence-corrected chi connectivity index (χ1v) is 12.1. The molecule has 0 unspecified atom stereocenters. The van der Waals surface area contributed by atoms with Gasteiger partial charge in [0, 0.05) is 57.4 Å². The van der Waals surface area contributed by atoms with Gasteiger partial charge in [-0.15, -0.1) is 0 Å². The van der Waals surface area contributed by atoms with Crippen LogP contribution in [0.5, 0.6) is 5.75 Å². The molecule has 1 N–H and O–H groups in total. The zero-order valence-electron chi connectivity index (χ0n) is 19.1. The van der Waals surface area contributed by atoms with Gasteiger partial charge in [0.25, 0.3) is 0 Å². The fraction of sp³-hybridized carbons (Fsp3) is 0.680. The summed E-state index contributed by atoms with van der Waals surface area (Å²) in [6.07, 6.45) is 7.64. The highest BCUT2D eigenvalue weighted by Crippen LogP contribution is 2.46. The van der Waals surface area contributed by atoms with Crippen molar-refractivity contribution in [2.45, 2.75) is 82.8 Å². The average Bonchev–Trinajstić information content (AvgIpc) is 3.28. The molecule has 1 aromatic rings. The van der Waals surface area contributed by atoms with Crippen LogP contribution < -0.4 is 10.1 Å². The van der Waals surface area contributed by atoms with Gasteiger partial charge in [0.1, 0.15) is 11.4 Å². The Morgan fingerprint density at radius 3 is 2.48 bits per heavy atom. The molecule has 31 heavy (non-hydrogen) atoms. The van der Waals surface area contributed by atoms with Gasteiger partial charge in [0.05, 0.1) is 0 Å². The number of fused-ring (bicyclic) bond motifs is 1. The molecule has 3 amide bonds. The Hall–Kier alpha value is -2.24. The minimum absolute atomic E-state index is 0.0752. The Morgan fingerprint density at radius 2 is 1.81 bits per heavy atom. The van der Waals surface area contributed by atoms with Gasteiger partial charge in [-0.25, -0.2) is 4.79 Å².